The van der Waals surface area contributed by atoms with Gasteiger partial charge in [0.05, 0.1) is 0 Å². The fraction of sp³-hybridized carbons (Fsp3) is 0.500. The van der Waals surface area contributed by atoms with E-state index < -0.39 is 5.92 Å². The highest BCUT2D eigenvalue weighted by atomic mass is 79.9. The Hall–Kier alpha value is -1.36. The number of amides is 2. The Morgan fingerprint density at radius 2 is 2.24 bits per heavy atom. The zero-order valence-electron chi connectivity index (χ0n) is 12.6. The van der Waals surface area contributed by atoms with E-state index in [1.807, 2.05) is 39.0 Å². The van der Waals surface area contributed by atoms with Crippen LogP contribution in [0.2, 0.25) is 0 Å². The minimum atomic E-state index is -0.554. The number of halogens is 1. The Labute approximate surface area is 134 Å². The molecule has 0 spiro atoms. The van der Waals surface area contributed by atoms with Gasteiger partial charge in [0.2, 0.25) is 11.8 Å². The highest BCUT2D eigenvalue weighted by Gasteiger charge is 2.38. The van der Waals surface area contributed by atoms with Gasteiger partial charge in [-0.05, 0) is 50.5 Å². The molecule has 1 N–H and O–H groups in total. The zero-order valence-corrected chi connectivity index (χ0v) is 14.2. The van der Waals surface area contributed by atoms with Gasteiger partial charge >= 0.3 is 0 Å². The Kier molecular flexibility index (Phi) is 5.04. The highest BCUT2D eigenvalue weighted by Crippen LogP contribution is 2.30. The Balaban J connectivity index is 2.13. The summed E-state index contributed by atoms with van der Waals surface area (Å²) in [5.41, 5.74) is 1.92. The van der Waals surface area contributed by atoms with Crippen LogP contribution in [0.15, 0.2) is 22.7 Å². The maximum atomic E-state index is 12.5. The number of nitrogens with zero attached hydrogens (tertiary/aromatic N) is 1. The van der Waals surface area contributed by atoms with Crippen LogP contribution in [0.25, 0.3) is 0 Å². The van der Waals surface area contributed by atoms with E-state index in [9.17, 15) is 9.59 Å². The van der Waals surface area contributed by atoms with E-state index in [0.29, 0.717) is 13.0 Å². The van der Waals surface area contributed by atoms with E-state index in [4.69, 9.17) is 0 Å². The van der Waals surface area contributed by atoms with Crippen molar-refractivity contribution >= 4 is 33.4 Å². The van der Waals surface area contributed by atoms with Crippen LogP contribution in [0.4, 0.5) is 5.69 Å². The maximum Gasteiger partial charge on any atom is 0.239 e. The van der Waals surface area contributed by atoms with Crippen molar-refractivity contribution in [1.29, 1.82) is 0 Å². The van der Waals surface area contributed by atoms with Gasteiger partial charge < -0.3 is 10.2 Å². The average molecular weight is 353 g/mol. The topological polar surface area (TPSA) is 49.4 Å². The van der Waals surface area contributed by atoms with Crippen molar-refractivity contribution in [3.05, 3.63) is 28.2 Å². The molecule has 21 heavy (non-hydrogen) atoms. The first-order valence-electron chi connectivity index (χ1n) is 7.32. The van der Waals surface area contributed by atoms with E-state index in [0.717, 1.165) is 22.1 Å². The third-order valence-electron chi connectivity index (χ3n) is 3.97. The Morgan fingerprint density at radius 1 is 1.52 bits per heavy atom. The van der Waals surface area contributed by atoms with Gasteiger partial charge in [0.15, 0.2) is 0 Å². The van der Waals surface area contributed by atoms with Crippen molar-refractivity contribution < 1.29 is 9.59 Å². The van der Waals surface area contributed by atoms with Crippen LogP contribution in [0.3, 0.4) is 0 Å². The lowest BCUT2D eigenvalue weighted by Crippen LogP contribution is -2.40. The summed E-state index contributed by atoms with van der Waals surface area (Å²) < 4.78 is 0.987. The molecule has 1 aromatic carbocycles. The quantitative estimate of drug-likeness (QED) is 0.846. The third-order valence-corrected chi connectivity index (χ3v) is 4.47. The largest absolute Gasteiger partial charge is 0.353 e. The first-order chi connectivity index (χ1) is 9.93. The molecule has 114 valence electrons. The first-order valence-corrected chi connectivity index (χ1v) is 8.11. The fourth-order valence-corrected chi connectivity index (χ4v) is 3.01. The molecule has 5 heteroatoms. The van der Waals surface area contributed by atoms with Gasteiger partial charge in [-0.1, -0.05) is 22.9 Å². The molecular formula is C16H21BrN2O2. The van der Waals surface area contributed by atoms with Crippen molar-refractivity contribution in [3.8, 4) is 0 Å². The van der Waals surface area contributed by atoms with E-state index in [-0.39, 0.29) is 17.9 Å². The number of hydrogen-bond acceptors (Lipinski definition) is 2. The number of anilines is 1. The molecule has 4 nitrogen and oxygen atoms in total. The number of carbonyl (C=O) groups is 2. The van der Waals surface area contributed by atoms with E-state index in [1.165, 1.54) is 0 Å². The summed E-state index contributed by atoms with van der Waals surface area (Å²) in [5, 5.41) is 2.90. The molecule has 0 radical (unpaired) electrons. The molecule has 0 bridgehead atoms. The number of rotatable bonds is 4. The molecule has 2 atom stereocenters. The maximum absolute atomic E-state index is 12.5. The normalized spacial score (nSPS) is 19.7. The summed E-state index contributed by atoms with van der Waals surface area (Å²) in [7, 11) is 0. The summed E-state index contributed by atoms with van der Waals surface area (Å²) in [6.07, 6.45) is 1.44. The van der Waals surface area contributed by atoms with Crippen LogP contribution < -0.4 is 10.2 Å². The predicted octanol–water partition coefficient (Wildman–Crippen LogP) is 3.03. The lowest BCUT2D eigenvalue weighted by atomic mass is 10.1. The average Bonchev–Trinajstić information content (AvgIpc) is 2.80. The zero-order chi connectivity index (χ0) is 15.6. The van der Waals surface area contributed by atoms with Gasteiger partial charge in [-0.25, -0.2) is 0 Å². The summed E-state index contributed by atoms with van der Waals surface area (Å²) in [6.45, 7) is 6.53. The molecule has 1 fully saturated rings. The van der Waals surface area contributed by atoms with Gasteiger partial charge in [-0.3, -0.25) is 9.59 Å². The molecule has 0 aromatic heterocycles. The van der Waals surface area contributed by atoms with Crippen molar-refractivity contribution in [2.45, 2.75) is 39.7 Å². The lowest BCUT2D eigenvalue weighted by Gasteiger charge is -2.20. The minimum Gasteiger partial charge on any atom is -0.353 e. The second-order valence-corrected chi connectivity index (χ2v) is 6.50. The molecule has 1 aliphatic heterocycles. The SMILES string of the molecule is CC[C@@H](C)NC(=O)[C@H]1CCN(c2ccc(Br)cc2C)C1=O. The molecule has 2 rings (SSSR count). The Morgan fingerprint density at radius 3 is 2.86 bits per heavy atom. The predicted molar refractivity (Wildman–Crippen MR) is 87.2 cm³/mol. The molecule has 1 aliphatic rings. The van der Waals surface area contributed by atoms with Crippen LogP contribution in [0.5, 0.6) is 0 Å². The number of hydrogen-bond donors (Lipinski definition) is 1. The third kappa shape index (κ3) is 3.46. The monoisotopic (exact) mass is 352 g/mol. The summed E-state index contributed by atoms with van der Waals surface area (Å²) in [4.78, 5) is 26.4. The lowest BCUT2D eigenvalue weighted by molar-refractivity contribution is -0.132. The number of aryl methyl sites for hydroxylation is 1. The molecule has 2 amide bonds. The summed E-state index contributed by atoms with van der Waals surface area (Å²) in [5.74, 6) is -0.796. The second kappa shape index (κ2) is 6.60. The number of nitrogens with one attached hydrogen (secondary N) is 1. The first kappa shape index (κ1) is 16.0. The minimum absolute atomic E-state index is 0.0961. The van der Waals surface area contributed by atoms with Gasteiger partial charge in [0, 0.05) is 22.7 Å². The molecule has 0 aliphatic carbocycles. The molecule has 0 unspecified atom stereocenters. The van der Waals surface area contributed by atoms with Gasteiger partial charge in [-0.15, -0.1) is 0 Å². The Bertz CT molecular complexity index is 559. The molecule has 1 heterocycles. The molecule has 1 saturated heterocycles. The fourth-order valence-electron chi connectivity index (χ4n) is 2.53. The van der Waals surface area contributed by atoms with Crippen LogP contribution >= 0.6 is 15.9 Å². The second-order valence-electron chi connectivity index (χ2n) is 5.58. The smallest absolute Gasteiger partial charge is 0.239 e. The van der Waals surface area contributed by atoms with Crippen LogP contribution in [-0.2, 0) is 9.59 Å². The molecule has 1 aromatic rings. The number of benzene rings is 1. The van der Waals surface area contributed by atoms with E-state index in [2.05, 4.69) is 21.2 Å². The van der Waals surface area contributed by atoms with Gasteiger partial charge in [-0.2, -0.15) is 0 Å². The van der Waals surface area contributed by atoms with Crippen LogP contribution in [0.1, 0.15) is 32.3 Å². The standard InChI is InChI=1S/C16H21BrN2O2/c1-4-11(3)18-15(20)13-7-8-19(16(13)21)14-6-5-12(17)9-10(14)2/h5-6,9,11,13H,4,7-8H2,1-3H3,(H,18,20)/t11-,13-/m1/s1. The summed E-state index contributed by atoms with van der Waals surface area (Å²) >= 11 is 3.42. The molecular weight excluding hydrogens is 332 g/mol. The highest BCUT2D eigenvalue weighted by molar-refractivity contribution is 9.10. The van der Waals surface area contributed by atoms with E-state index in [1.54, 1.807) is 4.90 Å². The van der Waals surface area contributed by atoms with Crippen molar-refractivity contribution in [2.75, 3.05) is 11.4 Å². The van der Waals surface area contributed by atoms with Crippen molar-refractivity contribution in [3.63, 3.8) is 0 Å². The van der Waals surface area contributed by atoms with Crippen molar-refractivity contribution in [1.82, 2.24) is 5.32 Å². The van der Waals surface area contributed by atoms with Crippen LogP contribution in [0, 0.1) is 12.8 Å². The van der Waals surface area contributed by atoms with Crippen LogP contribution in [-0.4, -0.2) is 24.4 Å². The van der Waals surface area contributed by atoms with Gasteiger partial charge in [0.1, 0.15) is 5.92 Å². The van der Waals surface area contributed by atoms with Gasteiger partial charge in [0.25, 0.3) is 0 Å². The van der Waals surface area contributed by atoms with Crippen molar-refractivity contribution in [2.24, 2.45) is 5.92 Å². The molecule has 0 saturated carbocycles. The summed E-state index contributed by atoms with van der Waals surface area (Å²) in [6, 6.07) is 5.93. The van der Waals surface area contributed by atoms with E-state index >= 15 is 0 Å². The number of carbonyl (C=O) groups excluding carboxylic acids is 2.